The first-order valence-electron chi connectivity index (χ1n) is 12.1. The van der Waals surface area contributed by atoms with Gasteiger partial charge in [0.1, 0.15) is 5.82 Å². The van der Waals surface area contributed by atoms with E-state index in [1.807, 2.05) is 38.8 Å². The maximum Gasteiger partial charge on any atom is 0.225 e. The number of likely N-dealkylation sites (tertiary alicyclic amines) is 1. The molecule has 2 aromatic carbocycles. The number of nitrogens with zero attached hydrogens (tertiary/aromatic N) is 2. The molecular weight excluding hydrogens is 474 g/mol. The van der Waals surface area contributed by atoms with Crippen molar-refractivity contribution in [3.05, 3.63) is 52.9 Å². The molecule has 180 valence electrons. The average Bonchev–Trinajstić information content (AvgIpc) is 3.42. The van der Waals surface area contributed by atoms with E-state index in [2.05, 4.69) is 90.0 Å². The van der Waals surface area contributed by atoms with Crippen molar-refractivity contribution in [2.45, 2.75) is 74.3 Å². The van der Waals surface area contributed by atoms with Crippen LogP contribution in [-0.4, -0.2) is 27.3 Å². The summed E-state index contributed by atoms with van der Waals surface area (Å²) in [4.78, 5) is 22.5. The highest BCUT2D eigenvalue weighted by molar-refractivity contribution is 9.10. The standard InChI is InChI=1S/C21H22BrN3O.C5H12.C2H6/c1-13(2)21(26)25-9-3-4-19(25)20-23-12-18(24-20)16-6-5-15-11-17(22)8-7-14(15)10-16;1-5(2,3)4;1-2/h5-8,10-13,19H,3-4,9H2,1-2H3,(H,23,24);1-4H3;1-2H3/t19-;;/m0../s1. The van der Waals surface area contributed by atoms with Crippen molar-refractivity contribution >= 4 is 32.6 Å². The molecule has 2 heterocycles. The van der Waals surface area contributed by atoms with Gasteiger partial charge in [-0.3, -0.25) is 4.79 Å². The molecule has 1 saturated heterocycles. The highest BCUT2D eigenvalue weighted by Gasteiger charge is 2.32. The van der Waals surface area contributed by atoms with Gasteiger partial charge in [-0.15, -0.1) is 0 Å². The fourth-order valence-electron chi connectivity index (χ4n) is 3.68. The molecule has 0 unspecified atom stereocenters. The molecule has 1 amide bonds. The number of halogens is 1. The fraction of sp³-hybridized carbons (Fsp3) is 0.500. The topological polar surface area (TPSA) is 49.0 Å². The molecule has 5 heteroatoms. The maximum absolute atomic E-state index is 12.5. The SMILES string of the molecule is CC.CC(C)(C)C.CC(C)C(=O)N1CCC[C@H]1c1ncc(-c2ccc3cc(Br)ccc3c2)[nH]1. The Morgan fingerprint density at radius 3 is 2.33 bits per heavy atom. The first-order chi connectivity index (χ1) is 15.5. The Balaban J connectivity index is 0.000000489. The van der Waals surface area contributed by atoms with Gasteiger partial charge in [0, 0.05) is 22.5 Å². The molecule has 0 aliphatic carbocycles. The highest BCUT2D eigenvalue weighted by Crippen LogP contribution is 2.33. The van der Waals surface area contributed by atoms with Crippen molar-refractivity contribution in [2.24, 2.45) is 11.3 Å². The molecule has 1 aliphatic heterocycles. The van der Waals surface area contributed by atoms with Crippen molar-refractivity contribution in [2.75, 3.05) is 6.54 Å². The van der Waals surface area contributed by atoms with E-state index >= 15 is 0 Å². The summed E-state index contributed by atoms with van der Waals surface area (Å²) in [6, 6.07) is 12.8. The first-order valence-corrected chi connectivity index (χ1v) is 12.9. The monoisotopic (exact) mass is 513 g/mol. The van der Waals surface area contributed by atoms with E-state index in [0.717, 1.165) is 40.9 Å². The summed E-state index contributed by atoms with van der Waals surface area (Å²) in [5.74, 6) is 1.12. The summed E-state index contributed by atoms with van der Waals surface area (Å²) < 4.78 is 1.08. The molecule has 1 aliphatic rings. The molecule has 1 aromatic heterocycles. The zero-order valence-corrected chi connectivity index (χ0v) is 23.1. The summed E-state index contributed by atoms with van der Waals surface area (Å²) in [6.45, 7) is 17.5. The minimum atomic E-state index is 0.0184. The number of H-pyrrole nitrogens is 1. The lowest BCUT2D eigenvalue weighted by Gasteiger charge is -2.25. The summed E-state index contributed by atoms with van der Waals surface area (Å²) in [7, 11) is 0. The Bertz CT molecular complexity index is 1040. The number of hydrogen-bond acceptors (Lipinski definition) is 2. The van der Waals surface area contributed by atoms with Gasteiger partial charge in [-0.2, -0.15) is 0 Å². The summed E-state index contributed by atoms with van der Waals surface area (Å²) in [5.41, 5.74) is 2.60. The Morgan fingerprint density at radius 1 is 1.09 bits per heavy atom. The van der Waals surface area contributed by atoms with E-state index in [4.69, 9.17) is 0 Å². The van der Waals surface area contributed by atoms with Crippen LogP contribution in [0.4, 0.5) is 0 Å². The van der Waals surface area contributed by atoms with Gasteiger partial charge in [0.25, 0.3) is 0 Å². The minimum absolute atomic E-state index is 0.0184. The highest BCUT2D eigenvalue weighted by atomic mass is 79.9. The minimum Gasteiger partial charge on any atom is -0.340 e. The quantitative estimate of drug-likeness (QED) is 0.382. The number of benzene rings is 2. The normalized spacial score (nSPS) is 15.7. The number of fused-ring (bicyclic) bond motifs is 1. The van der Waals surface area contributed by atoms with Crippen LogP contribution in [0.3, 0.4) is 0 Å². The number of amides is 1. The van der Waals surface area contributed by atoms with Gasteiger partial charge < -0.3 is 9.88 Å². The van der Waals surface area contributed by atoms with E-state index in [1.165, 1.54) is 10.8 Å². The zero-order valence-electron chi connectivity index (χ0n) is 21.5. The van der Waals surface area contributed by atoms with E-state index in [1.54, 1.807) is 0 Å². The van der Waals surface area contributed by atoms with E-state index in [-0.39, 0.29) is 17.9 Å². The van der Waals surface area contributed by atoms with Crippen LogP contribution in [0.25, 0.3) is 22.0 Å². The van der Waals surface area contributed by atoms with Gasteiger partial charge in [-0.05, 0) is 47.2 Å². The van der Waals surface area contributed by atoms with Crippen molar-refractivity contribution in [3.63, 3.8) is 0 Å². The van der Waals surface area contributed by atoms with Gasteiger partial charge in [-0.25, -0.2) is 4.98 Å². The average molecular weight is 515 g/mol. The number of nitrogens with one attached hydrogen (secondary N) is 1. The largest absolute Gasteiger partial charge is 0.340 e. The molecule has 4 nitrogen and oxygen atoms in total. The van der Waals surface area contributed by atoms with Gasteiger partial charge in [0.2, 0.25) is 5.91 Å². The lowest BCUT2D eigenvalue weighted by atomic mass is 10.0. The van der Waals surface area contributed by atoms with Gasteiger partial charge >= 0.3 is 0 Å². The summed E-state index contributed by atoms with van der Waals surface area (Å²) in [6.07, 6.45) is 3.88. The van der Waals surface area contributed by atoms with E-state index in [9.17, 15) is 4.79 Å². The lowest BCUT2D eigenvalue weighted by Crippen LogP contribution is -2.34. The molecule has 4 rings (SSSR count). The number of carbonyl (C=O) groups excluding carboxylic acids is 1. The molecule has 1 atom stereocenters. The van der Waals surface area contributed by atoms with Gasteiger partial charge in [-0.1, -0.05) is 89.5 Å². The van der Waals surface area contributed by atoms with Crippen LogP contribution < -0.4 is 0 Å². The number of imidazole rings is 1. The number of hydrogen-bond donors (Lipinski definition) is 1. The van der Waals surface area contributed by atoms with Gasteiger partial charge in [0.15, 0.2) is 0 Å². The molecule has 0 bridgehead atoms. The summed E-state index contributed by atoms with van der Waals surface area (Å²) in [5, 5.41) is 2.40. The summed E-state index contributed by atoms with van der Waals surface area (Å²) >= 11 is 3.52. The van der Waals surface area contributed by atoms with Crippen molar-refractivity contribution < 1.29 is 4.79 Å². The van der Waals surface area contributed by atoms with Crippen LogP contribution in [0.15, 0.2) is 47.1 Å². The Morgan fingerprint density at radius 2 is 1.70 bits per heavy atom. The predicted octanol–water partition coefficient (Wildman–Crippen LogP) is 8.39. The van der Waals surface area contributed by atoms with E-state index < -0.39 is 0 Å². The third-order valence-corrected chi connectivity index (χ3v) is 5.55. The first kappa shape index (κ1) is 27.1. The molecule has 3 aromatic rings. The number of rotatable bonds is 3. The molecule has 1 N–H and O–H groups in total. The second-order valence-electron chi connectivity index (χ2n) is 10.2. The lowest BCUT2D eigenvalue weighted by molar-refractivity contribution is -0.135. The van der Waals surface area contributed by atoms with Crippen LogP contribution in [0.5, 0.6) is 0 Å². The number of aromatic amines is 1. The van der Waals surface area contributed by atoms with Crippen LogP contribution in [0, 0.1) is 11.3 Å². The van der Waals surface area contributed by atoms with E-state index in [0.29, 0.717) is 5.41 Å². The third kappa shape index (κ3) is 7.70. The van der Waals surface area contributed by atoms with Gasteiger partial charge in [0.05, 0.1) is 17.9 Å². The molecule has 0 saturated carbocycles. The third-order valence-electron chi connectivity index (χ3n) is 5.05. The second kappa shape index (κ2) is 11.8. The molecule has 0 radical (unpaired) electrons. The Kier molecular flexibility index (Phi) is 9.71. The van der Waals surface area contributed by atoms with Crippen LogP contribution in [0.1, 0.15) is 80.1 Å². The Hall–Kier alpha value is -2.14. The molecular formula is C28H40BrN3O. The maximum atomic E-state index is 12.5. The number of aromatic nitrogens is 2. The van der Waals surface area contributed by atoms with Crippen molar-refractivity contribution in [1.29, 1.82) is 0 Å². The second-order valence-corrected chi connectivity index (χ2v) is 11.1. The van der Waals surface area contributed by atoms with Crippen molar-refractivity contribution in [3.8, 4) is 11.3 Å². The van der Waals surface area contributed by atoms with Crippen LogP contribution >= 0.6 is 15.9 Å². The predicted molar refractivity (Wildman–Crippen MR) is 144 cm³/mol. The van der Waals surface area contributed by atoms with Crippen molar-refractivity contribution in [1.82, 2.24) is 14.9 Å². The Labute approximate surface area is 208 Å². The molecule has 33 heavy (non-hydrogen) atoms. The zero-order chi connectivity index (χ0) is 24.8. The van der Waals surface area contributed by atoms with Crippen LogP contribution in [-0.2, 0) is 4.79 Å². The fourth-order valence-corrected chi connectivity index (χ4v) is 4.06. The smallest absolute Gasteiger partial charge is 0.225 e. The molecule has 0 spiro atoms. The van der Waals surface area contributed by atoms with Crippen LogP contribution in [0.2, 0.25) is 0 Å². The number of carbonyl (C=O) groups is 1. The molecule has 1 fully saturated rings.